The molecule has 0 spiro atoms. The van der Waals surface area contributed by atoms with E-state index in [0.29, 0.717) is 23.0 Å². The lowest BCUT2D eigenvalue weighted by Crippen LogP contribution is -1.89. The lowest BCUT2D eigenvalue weighted by molar-refractivity contribution is 1.23. The smallest absolute Gasteiger partial charge is 0.180 e. The number of nitrogens with two attached hydrogens (primary N) is 2. The van der Waals surface area contributed by atoms with E-state index in [0.717, 1.165) is 11.2 Å². The summed E-state index contributed by atoms with van der Waals surface area (Å²) in [5.74, 6) is 1.10. The molecule has 0 aromatic carbocycles. The first-order chi connectivity index (χ1) is 8.22. The fourth-order valence-electron chi connectivity index (χ4n) is 1.57. The number of nitrogens with one attached hydrogen (secondary N) is 1. The van der Waals surface area contributed by atoms with Gasteiger partial charge >= 0.3 is 0 Å². The molecule has 3 rings (SSSR count). The molecule has 5 N–H and O–H groups in total. The minimum absolute atomic E-state index is 0.445. The number of hydrogen-bond donors (Lipinski definition) is 3. The Hall–Kier alpha value is -2.63. The average molecular weight is 226 g/mol. The second-order valence-corrected chi connectivity index (χ2v) is 3.67. The van der Waals surface area contributed by atoms with Crippen LogP contribution in [0.15, 0.2) is 30.5 Å². The van der Waals surface area contributed by atoms with Gasteiger partial charge in [0.15, 0.2) is 11.5 Å². The molecule has 0 saturated carbocycles. The second-order valence-electron chi connectivity index (χ2n) is 3.67. The molecule has 0 fully saturated rings. The maximum Gasteiger partial charge on any atom is 0.180 e. The Labute approximate surface area is 96.7 Å². The standard InChI is InChI=1S/C11H10N6/c12-6-1-2-7(14-5-6)10-15-8-3-4-9(13)16-11(8)17-10/h1-5H,12H2,(H3,13,15,16,17). The Morgan fingerprint density at radius 3 is 2.65 bits per heavy atom. The van der Waals surface area contributed by atoms with Gasteiger partial charge in [0.1, 0.15) is 11.5 Å². The summed E-state index contributed by atoms with van der Waals surface area (Å²) in [6.07, 6.45) is 1.59. The highest BCUT2D eigenvalue weighted by Gasteiger charge is 2.07. The number of aromatic nitrogens is 4. The summed E-state index contributed by atoms with van der Waals surface area (Å²) in [4.78, 5) is 15.8. The average Bonchev–Trinajstić information content (AvgIpc) is 2.72. The Morgan fingerprint density at radius 2 is 1.88 bits per heavy atom. The minimum Gasteiger partial charge on any atom is -0.397 e. The first-order valence-corrected chi connectivity index (χ1v) is 5.06. The van der Waals surface area contributed by atoms with E-state index in [-0.39, 0.29) is 0 Å². The lowest BCUT2D eigenvalue weighted by Gasteiger charge is -1.95. The van der Waals surface area contributed by atoms with Crippen molar-refractivity contribution in [3.8, 4) is 11.5 Å². The molecule has 0 aliphatic carbocycles. The number of pyridine rings is 2. The van der Waals surface area contributed by atoms with Gasteiger partial charge in [-0.05, 0) is 24.3 Å². The van der Waals surface area contributed by atoms with Crippen LogP contribution in [0.5, 0.6) is 0 Å². The molecule has 3 aromatic heterocycles. The molecule has 0 saturated heterocycles. The Bertz CT molecular complexity index is 670. The monoisotopic (exact) mass is 226 g/mol. The van der Waals surface area contributed by atoms with Crippen LogP contribution in [0.1, 0.15) is 0 Å². The van der Waals surface area contributed by atoms with Gasteiger partial charge < -0.3 is 16.5 Å². The van der Waals surface area contributed by atoms with Gasteiger partial charge in [0.25, 0.3) is 0 Å². The van der Waals surface area contributed by atoms with E-state index in [1.54, 1.807) is 24.4 Å². The minimum atomic E-state index is 0.445. The summed E-state index contributed by atoms with van der Waals surface area (Å²) in [6, 6.07) is 7.14. The summed E-state index contributed by atoms with van der Waals surface area (Å²) in [6.45, 7) is 0. The van der Waals surface area contributed by atoms with Gasteiger partial charge in [0.05, 0.1) is 17.4 Å². The first-order valence-electron chi connectivity index (χ1n) is 5.06. The Kier molecular flexibility index (Phi) is 1.94. The van der Waals surface area contributed by atoms with Gasteiger partial charge in [-0.2, -0.15) is 0 Å². The highest BCUT2D eigenvalue weighted by Crippen LogP contribution is 2.18. The zero-order valence-corrected chi connectivity index (χ0v) is 8.88. The molecule has 6 nitrogen and oxygen atoms in total. The molecule has 0 aliphatic rings. The van der Waals surface area contributed by atoms with E-state index in [1.165, 1.54) is 0 Å². The van der Waals surface area contributed by atoms with Crippen LogP contribution in [0, 0.1) is 0 Å². The van der Waals surface area contributed by atoms with E-state index in [9.17, 15) is 0 Å². The molecule has 0 unspecified atom stereocenters. The fourth-order valence-corrected chi connectivity index (χ4v) is 1.57. The maximum atomic E-state index is 5.59. The van der Waals surface area contributed by atoms with Crippen LogP contribution in [0.25, 0.3) is 22.7 Å². The fraction of sp³-hybridized carbons (Fsp3) is 0. The Balaban J connectivity index is 2.14. The van der Waals surface area contributed by atoms with Crippen LogP contribution in [-0.2, 0) is 0 Å². The van der Waals surface area contributed by atoms with E-state index in [2.05, 4.69) is 19.9 Å². The number of H-pyrrole nitrogens is 1. The maximum absolute atomic E-state index is 5.59. The number of aromatic amines is 1. The van der Waals surface area contributed by atoms with Crippen molar-refractivity contribution < 1.29 is 0 Å². The third kappa shape index (κ3) is 1.65. The van der Waals surface area contributed by atoms with E-state index in [4.69, 9.17) is 11.5 Å². The van der Waals surface area contributed by atoms with Crippen molar-refractivity contribution in [3.05, 3.63) is 30.5 Å². The van der Waals surface area contributed by atoms with Gasteiger partial charge in [-0.3, -0.25) is 4.98 Å². The van der Waals surface area contributed by atoms with Gasteiger partial charge in [-0.25, -0.2) is 9.97 Å². The number of hydrogen-bond acceptors (Lipinski definition) is 5. The normalized spacial score (nSPS) is 10.8. The van der Waals surface area contributed by atoms with Crippen LogP contribution in [0.4, 0.5) is 11.5 Å². The number of nitrogens with zero attached hydrogens (tertiary/aromatic N) is 3. The Morgan fingerprint density at radius 1 is 1.00 bits per heavy atom. The molecule has 3 aromatic rings. The molecule has 0 radical (unpaired) electrons. The molecule has 0 bridgehead atoms. The SMILES string of the molecule is Nc1ccc(-c2nc3nc(N)ccc3[nH]2)nc1. The predicted octanol–water partition coefficient (Wildman–Crippen LogP) is 1.18. The van der Waals surface area contributed by atoms with E-state index < -0.39 is 0 Å². The molecule has 6 heteroatoms. The van der Waals surface area contributed by atoms with Crippen LogP contribution >= 0.6 is 0 Å². The van der Waals surface area contributed by atoms with Gasteiger partial charge in [0, 0.05) is 0 Å². The number of anilines is 2. The summed E-state index contributed by atoms with van der Waals surface area (Å²) in [5.41, 5.74) is 13.9. The van der Waals surface area contributed by atoms with E-state index >= 15 is 0 Å². The number of nitrogen functional groups attached to an aromatic ring is 2. The molecular formula is C11H10N6. The van der Waals surface area contributed by atoms with Crippen molar-refractivity contribution in [1.82, 2.24) is 19.9 Å². The van der Waals surface area contributed by atoms with Crippen LogP contribution in [0.3, 0.4) is 0 Å². The van der Waals surface area contributed by atoms with Crippen molar-refractivity contribution in [1.29, 1.82) is 0 Å². The van der Waals surface area contributed by atoms with Crippen molar-refractivity contribution in [2.75, 3.05) is 11.5 Å². The third-order valence-corrected chi connectivity index (χ3v) is 2.40. The summed E-state index contributed by atoms with van der Waals surface area (Å²) in [7, 11) is 0. The first kappa shape index (κ1) is 9.59. The summed E-state index contributed by atoms with van der Waals surface area (Å²) in [5, 5.41) is 0. The predicted molar refractivity (Wildman–Crippen MR) is 65.9 cm³/mol. The van der Waals surface area contributed by atoms with Crippen molar-refractivity contribution in [2.45, 2.75) is 0 Å². The summed E-state index contributed by atoms with van der Waals surface area (Å²) >= 11 is 0. The molecule has 0 amide bonds. The number of rotatable bonds is 1. The van der Waals surface area contributed by atoms with Crippen molar-refractivity contribution in [2.24, 2.45) is 0 Å². The quantitative estimate of drug-likeness (QED) is 0.577. The highest BCUT2D eigenvalue weighted by atomic mass is 15.0. The van der Waals surface area contributed by atoms with Crippen molar-refractivity contribution in [3.63, 3.8) is 0 Å². The van der Waals surface area contributed by atoms with Crippen molar-refractivity contribution >= 4 is 22.7 Å². The third-order valence-electron chi connectivity index (χ3n) is 2.40. The topological polar surface area (TPSA) is 106 Å². The number of imidazole rings is 1. The number of fused-ring (bicyclic) bond motifs is 1. The molecule has 84 valence electrons. The molecule has 3 heterocycles. The molecule has 0 atom stereocenters. The second kappa shape index (κ2) is 3.44. The molecular weight excluding hydrogens is 216 g/mol. The summed E-state index contributed by atoms with van der Waals surface area (Å²) < 4.78 is 0. The zero-order chi connectivity index (χ0) is 11.8. The van der Waals surface area contributed by atoms with Crippen LogP contribution in [-0.4, -0.2) is 19.9 Å². The highest BCUT2D eigenvalue weighted by molar-refractivity contribution is 5.76. The van der Waals surface area contributed by atoms with Crippen LogP contribution in [0.2, 0.25) is 0 Å². The van der Waals surface area contributed by atoms with Gasteiger partial charge in [-0.15, -0.1) is 0 Å². The zero-order valence-electron chi connectivity index (χ0n) is 8.88. The molecule has 0 aliphatic heterocycles. The molecule has 17 heavy (non-hydrogen) atoms. The lowest BCUT2D eigenvalue weighted by atomic mass is 10.3. The van der Waals surface area contributed by atoms with Gasteiger partial charge in [0.2, 0.25) is 0 Å². The largest absolute Gasteiger partial charge is 0.397 e. The van der Waals surface area contributed by atoms with Gasteiger partial charge in [-0.1, -0.05) is 0 Å². The van der Waals surface area contributed by atoms with E-state index in [1.807, 2.05) is 6.07 Å². The van der Waals surface area contributed by atoms with Crippen LogP contribution < -0.4 is 11.5 Å².